The molecular weight excluding hydrogens is 238 g/mol. The van der Waals surface area contributed by atoms with E-state index in [1.807, 2.05) is 4.52 Å². The number of fused-ring (bicyclic) bond motifs is 1. The minimum absolute atomic E-state index is 0.346. The molecule has 1 saturated heterocycles. The smallest absolute Gasteiger partial charge is 0.234 e. The molecule has 0 aliphatic carbocycles. The third-order valence-corrected chi connectivity index (χ3v) is 3.78. The van der Waals surface area contributed by atoms with Crippen LogP contribution in [0.1, 0.15) is 30.1 Å². The molecule has 3 heterocycles. The van der Waals surface area contributed by atoms with Gasteiger partial charge in [-0.2, -0.15) is 9.61 Å². The van der Waals surface area contributed by atoms with Crippen LogP contribution in [0.4, 0.5) is 0 Å². The SMILES string of the molecule is CCNCc1nn2c(C3CCOC3)nnc2s1. The second kappa shape index (κ2) is 4.67. The Labute approximate surface area is 103 Å². The number of aromatic nitrogens is 4. The maximum Gasteiger partial charge on any atom is 0.234 e. The van der Waals surface area contributed by atoms with Crippen LogP contribution < -0.4 is 5.32 Å². The molecule has 1 aliphatic heterocycles. The van der Waals surface area contributed by atoms with Crippen LogP contribution in [0.15, 0.2) is 0 Å². The standard InChI is InChI=1S/C10H15N5OS/c1-2-11-5-8-14-15-9(7-3-4-16-6-7)12-13-10(15)17-8/h7,11H,2-6H2,1H3. The Balaban J connectivity index is 1.88. The molecule has 7 heteroatoms. The Hall–Kier alpha value is -1.05. The Morgan fingerprint density at radius 1 is 1.53 bits per heavy atom. The highest BCUT2D eigenvalue weighted by Crippen LogP contribution is 2.25. The van der Waals surface area contributed by atoms with Gasteiger partial charge in [0.25, 0.3) is 0 Å². The summed E-state index contributed by atoms with van der Waals surface area (Å²) >= 11 is 1.59. The van der Waals surface area contributed by atoms with Gasteiger partial charge >= 0.3 is 0 Å². The van der Waals surface area contributed by atoms with Crippen LogP contribution in [0, 0.1) is 0 Å². The van der Waals surface area contributed by atoms with Crippen LogP contribution in [-0.2, 0) is 11.3 Å². The zero-order valence-corrected chi connectivity index (χ0v) is 10.5. The van der Waals surface area contributed by atoms with Crippen LogP contribution in [0.2, 0.25) is 0 Å². The predicted octanol–water partition coefficient (Wildman–Crippen LogP) is 0.799. The van der Waals surface area contributed by atoms with Gasteiger partial charge in [-0.1, -0.05) is 18.3 Å². The van der Waals surface area contributed by atoms with Gasteiger partial charge in [0.2, 0.25) is 4.96 Å². The normalized spacial score (nSPS) is 20.4. The van der Waals surface area contributed by atoms with E-state index in [1.165, 1.54) is 0 Å². The van der Waals surface area contributed by atoms with Gasteiger partial charge < -0.3 is 10.1 Å². The van der Waals surface area contributed by atoms with Gasteiger partial charge in [-0.05, 0) is 13.0 Å². The highest BCUT2D eigenvalue weighted by atomic mass is 32.1. The molecule has 1 unspecified atom stereocenters. The fourth-order valence-electron chi connectivity index (χ4n) is 1.97. The maximum atomic E-state index is 5.38. The Kier molecular flexibility index (Phi) is 3.04. The van der Waals surface area contributed by atoms with Crippen molar-refractivity contribution in [3.05, 3.63) is 10.8 Å². The van der Waals surface area contributed by atoms with E-state index in [-0.39, 0.29) is 0 Å². The molecular formula is C10H15N5OS. The molecule has 1 fully saturated rings. The number of hydrogen-bond donors (Lipinski definition) is 1. The van der Waals surface area contributed by atoms with E-state index in [1.54, 1.807) is 11.3 Å². The van der Waals surface area contributed by atoms with E-state index < -0.39 is 0 Å². The average molecular weight is 253 g/mol. The van der Waals surface area contributed by atoms with E-state index in [9.17, 15) is 0 Å². The average Bonchev–Trinajstić information content (AvgIpc) is 3.01. The highest BCUT2D eigenvalue weighted by molar-refractivity contribution is 7.16. The van der Waals surface area contributed by atoms with Crippen molar-refractivity contribution in [1.82, 2.24) is 25.1 Å². The molecule has 0 bridgehead atoms. The first-order chi connectivity index (χ1) is 8.38. The van der Waals surface area contributed by atoms with E-state index >= 15 is 0 Å². The first-order valence-corrected chi connectivity index (χ1v) is 6.69. The molecule has 92 valence electrons. The van der Waals surface area contributed by atoms with Crippen LogP contribution in [0.5, 0.6) is 0 Å². The third kappa shape index (κ3) is 2.05. The van der Waals surface area contributed by atoms with Gasteiger partial charge in [-0.3, -0.25) is 0 Å². The molecule has 1 aliphatic rings. The fraction of sp³-hybridized carbons (Fsp3) is 0.700. The summed E-state index contributed by atoms with van der Waals surface area (Å²) in [6, 6.07) is 0. The number of nitrogens with zero attached hydrogens (tertiary/aromatic N) is 4. The van der Waals surface area contributed by atoms with Crippen molar-refractivity contribution in [2.24, 2.45) is 0 Å². The van der Waals surface area contributed by atoms with Crippen molar-refractivity contribution in [3.8, 4) is 0 Å². The quantitative estimate of drug-likeness (QED) is 0.873. The Morgan fingerprint density at radius 3 is 3.24 bits per heavy atom. The zero-order chi connectivity index (χ0) is 11.7. The lowest BCUT2D eigenvalue weighted by molar-refractivity contribution is 0.193. The molecule has 3 rings (SSSR count). The lowest BCUT2D eigenvalue weighted by Crippen LogP contribution is -2.12. The van der Waals surface area contributed by atoms with Gasteiger partial charge in [-0.15, -0.1) is 10.2 Å². The first-order valence-electron chi connectivity index (χ1n) is 5.88. The van der Waals surface area contributed by atoms with Gasteiger partial charge in [0.15, 0.2) is 5.82 Å². The van der Waals surface area contributed by atoms with Crippen LogP contribution >= 0.6 is 11.3 Å². The minimum atomic E-state index is 0.346. The molecule has 1 atom stereocenters. The topological polar surface area (TPSA) is 64.3 Å². The van der Waals surface area contributed by atoms with Gasteiger partial charge in [0.1, 0.15) is 5.01 Å². The largest absolute Gasteiger partial charge is 0.381 e. The predicted molar refractivity (Wildman–Crippen MR) is 64.2 cm³/mol. The zero-order valence-electron chi connectivity index (χ0n) is 9.72. The molecule has 6 nitrogen and oxygen atoms in total. The highest BCUT2D eigenvalue weighted by Gasteiger charge is 2.24. The number of ether oxygens (including phenoxy) is 1. The summed E-state index contributed by atoms with van der Waals surface area (Å²) < 4.78 is 7.26. The second-order valence-electron chi connectivity index (χ2n) is 4.09. The van der Waals surface area contributed by atoms with Crippen molar-refractivity contribution >= 4 is 16.3 Å². The molecule has 0 spiro atoms. The Bertz CT molecular complexity index is 502. The summed E-state index contributed by atoms with van der Waals surface area (Å²) in [7, 11) is 0. The van der Waals surface area contributed by atoms with Crippen molar-refractivity contribution < 1.29 is 4.74 Å². The van der Waals surface area contributed by atoms with E-state index in [2.05, 4.69) is 27.5 Å². The van der Waals surface area contributed by atoms with Gasteiger partial charge in [-0.25, -0.2) is 0 Å². The summed E-state index contributed by atoms with van der Waals surface area (Å²) in [4.78, 5) is 0.875. The molecule has 2 aromatic heterocycles. The van der Waals surface area contributed by atoms with Crippen LogP contribution in [0.25, 0.3) is 4.96 Å². The monoisotopic (exact) mass is 253 g/mol. The molecule has 17 heavy (non-hydrogen) atoms. The third-order valence-electron chi connectivity index (χ3n) is 2.88. The number of nitrogens with one attached hydrogen (secondary N) is 1. The van der Waals surface area contributed by atoms with E-state index in [0.717, 1.165) is 48.5 Å². The lowest BCUT2D eigenvalue weighted by atomic mass is 10.1. The summed E-state index contributed by atoms with van der Waals surface area (Å²) in [5, 5.41) is 17.3. The van der Waals surface area contributed by atoms with Crippen LogP contribution in [-0.4, -0.2) is 39.6 Å². The van der Waals surface area contributed by atoms with Crippen molar-refractivity contribution in [3.63, 3.8) is 0 Å². The van der Waals surface area contributed by atoms with E-state index in [0.29, 0.717) is 5.92 Å². The molecule has 0 amide bonds. The van der Waals surface area contributed by atoms with E-state index in [4.69, 9.17) is 4.74 Å². The first kappa shape index (κ1) is 11.1. The maximum absolute atomic E-state index is 5.38. The summed E-state index contributed by atoms with van der Waals surface area (Å²) in [5.74, 6) is 1.29. The van der Waals surface area contributed by atoms with Gasteiger partial charge in [0, 0.05) is 19.1 Å². The lowest BCUT2D eigenvalue weighted by Gasteiger charge is -2.01. The number of rotatable bonds is 4. The molecule has 0 aromatic carbocycles. The fourth-order valence-corrected chi connectivity index (χ4v) is 2.78. The number of hydrogen-bond acceptors (Lipinski definition) is 6. The molecule has 0 radical (unpaired) electrons. The van der Waals surface area contributed by atoms with Crippen molar-refractivity contribution in [1.29, 1.82) is 0 Å². The summed E-state index contributed by atoms with van der Waals surface area (Å²) in [6.07, 6.45) is 1.01. The second-order valence-corrected chi connectivity index (χ2v) is 5.13. The van der Waals surface area contributed by atoms with Gasteiger partial charge in [0.05, 0.1) is 6.61 Å². The minimum Gasteiger partial charge on any atom is -0.381 e. The summed E-state index contributed by atoms with van der Waals surface area (Å²) in [6.45, 7) is 5.38. The molecule has 1 N–H and O–H groups in total. The van der Waals surface area contributed by atoms with Crippen molar-refractivity contribution in [2.45, 2.75) is 25.8 Å². The van der Waals surface area contributed by atoms with Crippen molar-refractivity contribution in [2.75, 3.05) is 19.8 Å². The molecule has 0 saturated carbocycles. The molecule has 2 aromatic rings. The summed E-state index contributed by atoms with van der Waals surface area (Å²) in [5.41, 5.74) is 0. The Morgan fingerprint density at radius 2 is 2.47 bits per heavy atom. The van der Waals surface area contributed by atoms with Crippen LogP contribution in [0.3, 0.4) is 0 Å².